The molecule has 1 aliphatic heterocycles. The molecule has 1 aromatic heterocycles. The first-order valence-corrected chi connectivity index (χ1v) is 11.6. The number of fused-ring (bicyclic) bond motifs is 1. The number of ether oxygens (including phenoxy) is 2. The van der Waals surface area contributed by atoms with E-state index in [4.69, 9.17) is 9.47 Å². The highest BCUT2D eigenvalue weighted by molar-refractivity contribution is 8.16. The van der Waals surface area contributed by atoms with Gasteiger partial charge in [0.2, 0.25) is 0 Å². The second kappa shape index (κ2) is 9.02. The Morgan fingerprint density at radius 1 is 1.22 bits per heavy atom. The number of hydrogen-bond acceptors (Lipinski definition) is 6. The lowest BCUT2D eigenvalue weighted by atomic mass is 9.99. The summed E-state index contributed by atoms with van der Waals surface area (Å²) < 4.78 is 10.9. The summed E-state index contributed by atoms with van der Waals surface area (Å²) >= 11 is 3.79. The summed E-state index contributed by atoms with van der Waals surface area (Å²) in [6.07, 6.45) is 8.69. The molecule has 0 saturated carbocycles. The Labute approximate surface area is 169 Å². The van der Waals surface area contributed by atoms with Crippen LogP contribution in [0, 0.1) is 0 Å². The van der Waals surface area contributed by atoms with E-state index in [1.54, 1.807) is 19.2 Å². The van der Waals surface area contributed by atoms with Crippen LogP contribution in [0.25, 0.3) is 0 Å². The number of benzene rings is 1. The van der Waals surface area contributed by atoms with Crippen LogP contribution in [0.4, 0.5) is 0 Å². The monoisotopic (exact) mass is 403 g/mol. The minimum atomic E-state index is -0.322. The molecule has 0 saturated heterocycles. The molecule has 0 bridgehead atoms. The number of pyridine rings is 1. The van der Waals surface area contributed by atoms with Crippen molar-refractivity contribution in [1.82, 2.24) is 4.98 Å². The zero-order valence-corrected chi connectivity index (χ0v) is 17.6. The van der Waals surface area contributed by atoms with Gasteiger partial charge in [0.1, 0.15) is 5.75 Å². The van der Waals surface area contributed by atoms with Crippen LogP contribution in [0.15, 0.2) is 36.5 Å². The van der Waals surface area contributed by atoms with Crippen LogP contribution in [0.2, 0.25) is 0 Å². The topological polar surface area (TPSA) is 48.4 Å². The molecule has 0 unspecified atom stereocenters. The van der Waals surface area contributed by atoms with E-state index < -0.39 is 0 Å². The second-order valence-electron chi connectivity index (χ2n) is 6.35. The van der Waals surface area contributed by atoms with Crippen molar-refractivity contribution in [1.29, 1.82) is 0 Å². The standard InChI is InChI=1S/C21H25NO3S2/c1-4-24-20(23)16-7-9-17(22-14-16)8-5-15-6-10-19-18(13-15)21(26-2,27-3)11-12-25-19/h6-7,9-10,13-14H,4-5,8,11-12H2,1-3H3. The van der Waals surface area contributed by atoms with Crippen LogP contribution < -0.4 is 4.74 Å². The van der Waals surface area contributed by atoms with E-state index >= 15 is 0 Å². The summed E-state index contributed by atoms with van der Waals surface area (Å²) in [4.78, 5) is 16.1. The fourth-order valence-electron chi connectivity index (χ4n) is 3.27. The summed E-state index contributed by atoms with van der Waals surface area (Å²) in [6.45, 7) is 2.94. The Morgan fingerprint density at radius 3 is 2.70 bits per heavy atom. The maximum Gasteiger partial charge on any atom is 0.339 e. The molecule has 1 aliphatic rings. The number of hydrogen-bond donors (Lipinski definition) is 0. The normalized spacial score (nSPS) is 14.9. The van der Waals surface area contributed by atoms with Crippen molar-refractivity contribution in [2.45, 2.75) is 30.3 Å². The van der Waals surface area contributed by atoms with Gasteiger partial charge in [-0.25, -0.2) is 4.79 Å². The molecule has 3 rings (SSSR count). The number of esters is 1. The maximum absolute atomic E-state index is 11.7. The zero-order valence-electron chi connectivity index (χ0n) is 16.0. The average Bonchev–Trinajstić information content (AvgIpc) is 2.72. The summed E-state index contributed by atoms with van der Waals surface area (Å²) in [7, 11) is 0. The molecule has 0 aliphatic carbocycles. The SMILES string of the molecule is CCOC(=O)c1ccc(CCc2ccc3c(c2)C(SC)(SC)CCO3)nc1. The Balaban J connectivity index is 1.71. The lowest BCUT2D eigenvalue weighted by Crippen LogP contribution is -2.26. The molecule has 0 atom stereocenters. The van der Waals surface area contributed by atoms with Crippen LogP contribution in [0.5, 0.6) is 5.75 Å². The minimum Gasteiger partial charge on any atom is -0.493 e. The molecule has 0 radical (unpaired) electrons. The summed E-state index contributed by atoms with van der Waals surface area (Å²) in [5, 5.41) is 0. The van der Waals surface area contributed by atoms with Gasteiger partial charge in [0.05, 0.1) is 22.9 Å². The largest absolute Gasteiger partial charge is 0.493 e. The van der Waals surface area contributed by atoms with Crippen molar-refractivity contribution in [3.05, 3.63) is 58.9 Å². The van der Waals surface area contributed by atoms with Gasteiger partial charge < -0.3 is 9.47 Å². The van der Waals surface area contributed by atoms with E-state index in [2.05, 4.69) is 35.7 Å². The first kappa shape index (κ1) is 20.1. The molecule has 144 valence electrons. The maximum atomic E-state index is 11.7. The molecule has 27 heavy (non-hydrogen) atoms. The number of rotatable bonds is 7. The van der Waals surface area contributed by atoms with Crippen molar-refractivity contribution < 1.29 is 14.3 Å². The third kappa shape index (κ3) is 4.43. The molecule has 6 heteroatoms. The van der Waals surface area contributed by atoms with Crippen molar-refractivity contribution in [2.75, 3.05) is 25.7 Å². The third-order valence-corrected chi connectivity index (χ3v) is 7.98. The lowest BCUT2D eigenvalue weighted by Gasteiger charge is -2.36. The van der Waals surface area contributed by atoms with Crippen molar-refractivity contribution in [3.63, 3.8) is 0 Å². The summed E-state index contributed by atoms with van der Waals surface area (Å²) in [5.74, 6) is 0.683. The number of carbonyl (C=O) groups excluding carboxylic acids is 1. The number of thioether (sulfide) groups is 2. The quantitative estimate of drug-likeness (QED) is 0.493. The Hall–Kier alpha value is -1.66. The van der Waals surface area contributed by atoms with Gasteiger partial charge in [-0.15, -0.1) is 23.5 Å². The van der Waals surface area contributed by atoms with Crippen LogP contribution in [-0.4, -0.2) is 36.7 Å². The third-order valence-electron chi connectivity index (χ3n) is 4.81. The van der Waals surface area contributed by atoms with Gasteiger partial charge >= 0.3 is 5.97 Å². The van der Waals surface area contributed by atoms with E-state index in [1.165, 1.54) is 11.1 Å². The fourth-order valence-corrected chi connectivity index (χ4v) is 5.27. The Kier molecular flexibility index (Phi) is 6.71. The fraction of sp³-hybridized carbons (Fsp3) is 0.429. The average molecular weight is 404 g/mol. The summed E-state index contributed by atoms with van der Waals surface area (Å²) in [6, 6.07) is 10.2. The molecule has 1 aromatic carbocycles. The van der Waals surface area contributed by atoms with Crippen molar-refractivity contribution in [3.8, 4) is 5.75 Å². The molecule has 0 fully saturated rings. The highest BCUT2D eigenvalue weighted by atomic mass is 32.2. The number of carbonyl (C=O) groups is 1. The Bertz CT molecular complexity index is 789. The van der Waals surface area contributed by atoms with E-state index in [-0.39, 0.29) is 10.0 Å². The molecular weight excluding hydrogens is 378 g/mol. The van der Waals surface area contributed by atoms with Crippen LogP contribution in [-0.2, 0) is 21.7 Å². The van der Waals surface area contributed by atoms with Gasteiger partial charge in [0.15, 0.2) is 0 Å². The van der Waals surface area contributed by atoms with Crippen molar-refractivity contribution >= 4 is 29.5 Å². The van der Waals surface area contributed by atoms with Gasteiger partial charge in [0, 0.05) is 23.9 Å². The molecule has 2 heterocycles. The van der Waals surface area contributed by atoms with Crippen LogP contribution >= 0.6 is 23.5 Å². The van der Waals surface area contributed by atoms with E-state index in [0.29, 0.717) is 12.2 Å². The molecular formula is C21H25NO3S2. The van der Waals surface area contributed by atoms with E-state index in [1.807, 2.05) is 29.6 Å². The van der Waals surface area contributed by atoms with Gasteiger partial charge in [-0.1, -0.05) is 6.07 Å². The van der Waals surface area contributed by atoms with Gasteiger partial charge in [-0.05, 0) is 62.1 Å². The second-order valence-corrected chi connectivity index (χ2v) is 8.82. The van der Waals surface area contributed by atoms with E-state index in [0.717, 1.165) is 37.3 Å². The zero-order chi connectivity index (χ0) is 19.3. The Morgan fingerprint density at radius 2 is 2.04 bits per heavy atom. The highest BCUT2D eigenvalue weighted by Gasteiger charge is 2.36. The van der Waals surface area contributed by atoms with Crippen molar-refractivity contribution in [2.24, 2.45) is 0 Å². The molecule has 0 N–H and O–H groups in total. The van der Waals surface area contributed by atoms with Gasteiger partial charge in [0.25, 0.3) is 0 Å². The first-order valence-electron chi connectivity index (χ1n) is 9.10. The molecule has 0 amide bonds. The molecule has 2 aromatic rings. The number of nitrogens with zero attached hydrogens (tertiary/aromatic N) is 1. The number of aromatic nitrogens is 1. The van der Waals surface area contributed by atoms with Gasteiger partial charge in [-0.2, -0.15) is 0 Å². The first-order chi connectivity index (χ1) is 13.1. The predicted octanol–water partition coefficient (Wildman–Crippen LogP) is 4.70. The minimum absolute atomic E-state index is 0.0726. The summed E-state index contributed by atoms with van der Waals surface area (Å²) in [5.41, 5.74) is 4.04. The lowest BCUT2D eigenvalue weighted by molar-refractivity contribution is 0.0526. The van der Waals surface area contributed by atoms with Crippen LogP contribution in [0.1, 0.15) is 40.5 Å². The highest BCUT2D eigenvalue weighted by Crippen LogP contribution is 2.52. The molecule has 4 nitrogen and oxygen atoms in total. The smallest absolute Gasteiger partial charge is 0.339 e. The van der Waals surface area contributed by atoms with E-state index in [9.17, 15) is 4.79 Å². The number of aryl methyl sites for hydroxylation is 2. The molecule has 0 spiro atoms. The van der Waals surface area contributed by atoms with Gasteiger partial charge in [-0.3, -0.25) is 4.98 Å². The van der Waals surface area contributed by atoms with Crippen LogP contribution in [0.3, 0.4) is 0 Å². The predicted molar refractivity (Wildman–Crippen MR) is 113 cm³/mol.